The Balaban J connectivity index is 2.12. The number of methoxy groups -OCH3 is 1. The van der Waals surface area contributed by atoms with Gasteiger partial charge in [-0.1, -0.05) is 13.3 Å². The van der Waals surface area contributed by atoms with Crippen LogP contribution in [0.25, 0.3) is 0 Å². The van der Waals surface area contributed by atoms with Crippen molar-refractivity contribution in [3.63, 3.8) is 0 Å². The molecule has 0 spiro atoms. The van der Waals surface area contributed by atoms with Gasteiger partial charge in [-0.2, -0.15) is 0 Å². The maximum Gasteiger partial charge on any atom is 0.119 e. The lowest BCUT2D eigenvalue weighted by Crippen LogP contribution is -2.47. The van der Waals surface area contributed by atoms with Crippen LogP contribution in [0.4, 0.5) is 5.69 Å². The molecule has 3 N–H and O–H groups in total. The van der Waals surface area contributed by atoms with E-state index in [0.717, 1.165) is 17.9 Å². The van der Waals surface area contributed by atoms with Gasteiger partial charge < -0.3 is 15.8 Å². The average molecular weight is 234 g/mol. The van der Waals surface area contributed by atoms with Crippen LogP contribution >= 0.6 is 0 Å². The number of nitrogens with two attached hydrogens (primary N) is 1. The van der Waals surface area contributed by atoms with Crippen molar-refractivity contribution in [1.29, 1.82) is 0 Å². The van der Waals surface area contributed by atoms with Crippen molar-refractivity contribution in [3.8, 4) is 5.75 Å². The van der Waals surface area contributed by atoms with Crippen molar-refractivity contribution in [1.82, 2.24) is 0 Å². The van der Waals surface area contributed by atoms with Gasteiger partial charge in [-0.3, -0.25) is 0 Å². The number of hydrogen-bond acceptors (Lipinski definition) is 3. The summed E-state index contributed by atoms with van der Waals surface area (Å²) in [6.45, 7) is 2.98. The fourth-order valence-electron chi connectivity index (χ4n) is 2.75. The van der Waals surface area contributed by atoms with E-state index in [1.165, 1.54) is 12.8 Å². The zero-order chi connectivity index (χ0) is 12.3. The summed E-state index contributed by atoms with van der Waals surface area (Å²) in [5, 5.41) is 3.62. The molecule has 94 valence electrons. The van der Waals surface area contributed by atoms with Crippen LogP contribution in [0.5, 0.6) is 5.75 Å². The molecule has 1 fully saturated rings. The molecule has 0 amide bonds. The minimum atomic E-state index is 0.0780. The van der Waals surface area contributed by atoms with Crippen molar-refractivity contribution in [2.75, 3.05) is 19.0 Å². The van der Waals surface area contributed by atoms with Crippen LogP contribution in [-0.2, 0) is 0 Å². The number of anilines is 1. The Morgan fingerprint density at radius 2 is 2.12 bits per heavy atom. The van der Waals surface area contributed by atoms with Crippen molar-refractivity contribution < 1.29 is 4.74 Å². The quantitative estimate of drug-likeness (QED) is 0.842. The van der Waals surface area contributed by atoms with Gasteiger partial charge >= 0.3 is 0 Å². The summed E-state index contributed by atoms with van der Waals surface area (Å²) >= 11 is 0. The van der Waals surface area contributed by atoms with Gasteiger partial charge in [0.05, 0.1) is 12.6 Å². The number of hydrogen-bond donors (Lipinski definition) is 2. The molecule has 0 heterocycles. The van der Waals surface area contributed by atoms with Crippen LogP contribution in [0.15, 0.2) is 24.3 Å². The fraction of sp³-hybridized carbons (Fsp3) is 0.571. The molecule has 0 aromatic heterocycles. The third kappa shape index (κ3) is 2.39. The second-order valence-corrected chi connectivity index (χ2v) is 5.01. The lowest BCUT2D eigenvalue weighted by atomic mass is 9.88. The highest BCUT2D eigenvalue weighted by atomic mass is 16.5. The molecule has 1 aromatic rings. The van der Waals surface area contributed by atoms with E-state index in [2.05, 4.69) is 24.4 Å². The minimum Gasteiger partial charge on any atom is -0.497 e. The van der Waals surface area contributed by atoms with Crippen molar-refractivity contribution in [2.24, 2.45) is 11.7 Å². The first-order valence-corrected chi connectivity index (χ1v) is 6.32. The van der Waals surface area contributed by atoms with E-state index in [1.807, 2.05) is 12.1 Å². The second-order valence-electron chi connectivity index (χ2n) is 5.01. The normalized spacial score (nSPS) is 28.1. The van der Waals surface area contributed by atoms with E-state index in [4.69, 9.17) is 10.5 Å². The molecule has 1 saturated carbocycles. The van der Waals surface area contributed by atoms with E-state index in [0.29, 0.717) is 12.5 Å². The molecule has 2 rings (SSSR count). The molecule has 3 heteroatoms. The van der Waals surface area contributed by atoms with Gasteiger partial charge in [-0.05, 0) is 43.0 Å². The van der Waals surface area contributed by atoms with Gasteiger partial charge in [0.1, 0.15) is 5.75 Å². The molecule has 2 atom stereocenters. The maximum absolute atomic E-state index is 5.98. The molecule has 0 radical (unpaired) electrons. The first-order valence-electron chi connectivity index (χ1n) is 6.32. The van der Waals surface area contributed by atoms with E-state index < -0.39 is 0 Å². The summed E-state index contributed by atoms with van der Waals surface area (Å²) in [5.41, 5.74) is 7.18. The maximum atomic E-state index is 5.98. The predicted molar refractivity (Wildman–Crippen MR) is 71.4 cm³/mol. The van der Waals surface area contributed by atoms with Crippen LogP contribution in [0.1, 0.15) is 26.2 Å². The highest BCUT2D eigenvalue weighted by molar-refractivity contribution is 5.49. The zero-order valence-corrected chi connectivity index (χ0v) is 10.7. The monoisotopic (exact) mass is 234 g/mol. The predicted octanol–water partition coefficient (Wildman–Crippen LogP) is 2.62. The van der Waals surface area contributed by atoms with Crippen LogP contribution in [0.3, 0.4) is 0 Å². The summed E-state index contributed by atoms with van der Waals surface area (Å²) in [6.07, 6.45) is 3.69. The van der Waals surface area contributed by atoms with Crippen molar-refractivity contribution >= 4 is 5.69 Å². The molecule has 0 saturated heterocycles. The molecule has 3 nitrogen and oxygen atoms in total. The van der Waals surface area contributed by atoms with Gasteiger partial charge in [0, 0.05) is 12.2 Å². The van der Waals surface area contributed by atoms with Crippen LogP contribution in [0, 0.1) is 5.92 Å². The third-order valence-electron chi connectivity index (χ3n) is 4.05. The Labute approximate surface area is 103 Å². The molecule has 1 aliphatic carbocycles. The second kappa shape index (κ2) is 4.96. The topological polar surface area (TPSA) is 47.3 Å². The highest BCUT2D eigenvalue weighted by Crippen LogP contribution is 2.37. The summed E-state index contributed by atoms with van der Waals surface area (Å²) in [5.74, 6) is 1.52. The summed E-state index contributed by atoms with van der Waals surface area (Å²) in [4.78, 5) is 0. The summed E-state index contributed by atoms with van der Waals surface area (Å²) in [6, 6.07) is 8.07. The van der Waals surface area contributed by atoms with Gasteiger partial charge in [0.25, 0.3) is 0 Å². The fourth-order valence-corrected chi connectivity index (χ4v) is 2.75. The lowest BCUT2D eigenvalue weighted by molar-refractivity contribution is 0.381. The summed E-state index contributed by atoms with van der Waals surface area (Å²) < 4.78 is 5.16. The Kier molecular flexibility index (Phi) is 3.57. The number of rotatable bonds is 4. The summed E-state index contributed by atoms with van der Waals surface area (Å²) in [7, 11) is 1.68. The molecular formula is C14H22N2O. The molecule has 0 aliphatic heterocycles. The molecular weight excluding hydrogens is 212 g/mol. The molecule has 17 heavy (non-hydrogen) atoms. The Morgan fingerprint density at radius 1 is 1.41 bits per heavy atom. The van der Waals surface area contributed by atoms with E-state index >= 15 is 0 Å². The average Bonchev–Trinajstić information content (AvgIpc) is 2.72. The largest absolute Gasteiger partial charge is 0.497 e. The standard InChI is InChI=1S/C14H22N2O/c1-11-4-3-9-14(11,10-15)16-12-5-7-13(17-2)8-6-12/h5-8,11,16H,3-4,9-10,15H2,1-2H3. The van der Waals surface area contributed by atoms with Gasteiger partial charge in [0.2, 0.25) is 0 Å². The third-order valence-corrected chi connectivity index (χ3v) is 4.05. The first kappa shape index (κ1) is 12.2. The smallest absolute Gasteiger partial charge is 0.119 e. The SMILES string of the molecule is COc1ccc(NC2(CN)CCCC2C)cc1. The lowest BCUT2D eigenvalue weighted by Gasteiger charge is -2.34. The van der Waals surface area contributed by atoms with Crippen molar-refractivity contribution in [2.45, 2.75) is 31.7 Å². The first-order chi connectivity index (χ1) is 8.20. The molecule has 0 bridgehead atoms. The Morgan fingerprint density at radius 3 is 2.59 bits per heavy atom. The molecule has 2 unspecified atom stereocenters. The van der Waals surface area contributed by atoms with Crippen LogP contribution < -0.4 is 15.8 Å². The molecule has 1 aromatic carbocycles. The van der Waals surface area contributed by atoms with Crippen LogP contribution in [-0.4, -0.2) is 19.2 Å². The van der Waals surface area contributed by atoms with Gasteiger partial charge in [0.15, 0.2) is 0 Å². The van der Waals surface area contributed by atoms with Gasteiger partial charge in [-0.25, -0.2) is 0 Å². The highest BCUT2D eigenvalue weighted by Gasteiger charge is 2.38. The Bertz CT molecular complexity index is 363. The van der Waals surface area contributed by atoms with Crippen LogP contribution in [0.2, 0.25) is 0 Å². The number of benzene rings is 1. The number of nitrogens with one attached hydrogen (secondary N) is 1. The minimum absolute atomic E-state index is 0.0780. The number of ether oxygens (including phenoxy) is 1. The van der Waals surface area contributed by atoms with E-state index in [-0.39, 0.29) is 5.54 Å². The molecule has 1 aliphatic rings. The van der Waals surface area contributed by atoms with E-state index in [9.17, 15) is 0 Å². The van der Waals surface area contributed by atoms with Gasteiger partial charge in [-0.15, -0.1) is 0 Å². The zero-order valence-electron chi connectivity index (χ0n) is 10.7. The van der Waals surface area contributed by atoms with Crippen molar-refractivity contribution in [3.05, 3.63) is 24.3 Å². The Hall–Kier alpha value is -1.22. The van der Waals surface area contributed by atoms with E-state index in [1.54, 1.807) is 7.11 Å².